The van der Waals surface area contributed by atoms with E-state index >= 15 is 0 Å². The molecule has 0 fully saturated rings. The van der Waals surface area contributed by atoms with E-state index in [0.29, 0.717) is 5.69 Å². The molecule has 0 spiro atoms. The maximum Gasteiger partial charge on any atom is 0.232 e. The zero-order valence-corrected chi connectivity index (χ0v) is 16.5. The van der Waals surface area contributed by atoms with Crippen molar-refractivity contribution in [1.82, 2.24) is 4.57 Å². The van der Waals surface area contributed by atoms with Gasteiger partial charge in [-0.1, -0.05) is 42.5 Å². The van der Waals surface area contributed by atoms with Gasteiger partial charge in [-0.25, -0.2) is 8.42 Å². The number of sulfonamides is 1. The Hall–Kier alpha value is -2.05. The van der Waals surface area contributed by atoms with Gasteiger partial charge >= 0.3 is 0 Å². The molecule has 0 aliphatic rings. The summed E-state index contributed by atoms with van der Waals surface area (Å²) in [5.74, 6) is 0. The average molecular weight is 417 g/mol. The van der Waals surface area contributed by atoms with Crippen LogP contribution in [-0.4, -0.2) is 26.3 Å². The van der Waals surface area contributed by atoms with Gasteiger partial charge in [-0.15, -0.1) is 0 Å². The monoisotopic (exact) mass is 416 g/mol. The molecule has 0 radical (unpaired) electrons. The van der Waals surface area contributed by atoms with E-state index in [4.69, 9.17) is 0 Å². The lowest BCUT2D eigenvalue weighted by Crippen LogP contribution is -2.25. The number of para-hydroxylation sites is 1. The summed E-state index contributed by atoms with van der Waals surface area (Å²) in [5, 5.41) is 4.06. The first kappa shape index (κ1) is 16.4. The fourth-order valence-corrected chi connectivity index (χ4v) is 4.97. The molecule has 4 rings (SSSR count). The fourth-order valence-electron chi connectivity index (χ4n) is 3.53. The molecule has 4 nitrogen and oxygen atoms in total. The molecule has 0 amide bonds. The van der Waals surface area contributed by atoms with Crippen molar-refractivity contribution in [2.45, 2.75) is 0 Å². The lowest BCUT2D eigenvalue weighted by Gasteiger charge is -2.21. The molecule has 0 bridgehead atoms. The number of nitrogens with zero attached hydrogens (tertiary/aromatic N) is 2. The highest BCUT2D eigenvalue weighted by molar-refractivity contribution is 9.10. The highest BCUT2D eigenvalue weighted by Gasteiger charge is 2.24. The summed E-state index contributed by atoms with van der Waals surface area (Å²) in [6.07, 6.45) is 1.23. The SMILES string of the molecule is CN(c1c(Br)c2ccccc2c2c1c1ccccc1n2C)S(C)(=O)=O. The van der Waals surface area contributed by atoms with Gasteiger partial charge in [-0.3, -0.25) is 4.31 Å². The smallest absolute Gasteiger partial charge is 0.232 e. The van der Waals surface area contributed by atoms with Crippen molar-refractivity contribution < 1.29 is 8.42 Å². The number of aryl methyl sites for hydroxylation is 1. The molecule has 1 aromatic heterocycles. The van der Waals surface area contributed by atoms with Crippen LogP contribution in [0.25, 0.3) is 32.6 Å². The Kier molecular flexibility index (Phi) is 3.60. The van der Waals surface area contributed by atoms with Crippen LogP contribution in [0.3, 0.4) is 0 Å². The summed E-state index contributed by atoms with van der Waals surface area (Å²) in [7, 11) is 0.222. The van der Waals surface area contributed by atoms with Gasteiger partial charge in [0, 0.05) is 41.2 Å². The van der Waals surface area contributed by atoms with E-state index in [1.807, 2.05) is 43.4 Å². The summed E-state index contributed by atoms with van der Waals surface area (Å²) in [5.41, 5.74) is 2.78. The third kappa shape index (κ3) is 2.28. The molecule has 0 atom stereocenters. The minimum absolute atomic E-state index is 0.674. The number of rotatable bonds is 2. The average Bonchev–Trinajstić information content (AvgIpc) is 2.88. The van der Waals surface area contributed by atoms with Crippen LogP contribution in [0.1, 0.15) is 0 Å². The van der Waals surface area contributed by atoms with Gasteiger partial charge in [0.15, 0.2) is 0 Å². The van der Waals surface area contributed by atoms with Crippen molar-refractivity contribution in [2.75, 3.05) is 17.6 Å². The van der Waals surface area contributed by atoms with Crippen molar-refractivity contribution in [3.05, 3.63) is 53.0 Å². The van der Waals surface area contributed by atoms with Gasteiger partial charge in [0.2, 0.25) is 10.0 Å². The Labute approximate surface area is 154 Å². The molecule has 0 saturated heterocycles. The molecule has 0 aliphatic carbocycles. The maximum absolute atomic E-state index is 12.3. The van der Waals surface area contributed by atoms with Crippen molar-refractivity contribution in [3.63, 3.8) is 0 Å². The van der Waals surface area contributed by atoms with Gasteiger partial charge in [-0.05, 0) is 22.0 Å². The highest BCUT2D eigenvalue weighted by atomic mass is 79.9. The predicted molar refractivity (Wildman–Crippen MR) is 109 cm³/mol. The Bertz CT molecular complexity index is 1260. The van der Waals surface area contributed by atoms with Gasteiger partial charge < -0.3 is 4.57 Å². The molecule has 128 valence electrons. The van der Waals surface area contributed by atoms with Gasteiger partial charge in [0.05, 0.1) is 21.9 Å². The molecule has 4 aromatic rings. The quantitative estimate of drug-likeness (QED) is 0.477. The molecule has 3 aromatic carbocycles. The normalized spacial score (nSPS) is 12.3. The van der Waals surface area contributed by atoms with E-state index in [2.05, 4.69) is 32.6 Å². The van der Waals surface area contributed by atoms with E-state index < -0.39 is 10.0 Å². The fraction of sp³-hybridized carbons (Fsp3) is 0.158. The molecule has 0 unspecified atom stereocenters. The zero-order valence-electron chi connectivity index (χ0n) is 14.1. The van der Waals surface area contributed by atoms with E-state index in [1.165, 1.54) is 10.6 Å². The van der Waals surface area contributed by atoms with E-state index in [-0.39, 0.29) is 0 Å². The lowest BCUT2D eigenvalue weighted by molar-refractivity contribution is 0.600. The number of halogens is 1. The van der Waals surface area contributed by atoms with Gasteiger partial charge in [0.25, 0.3) is 0 Å². The second-order valence-electron chi connectivity index (χ2n) is 6.24. The van der Waals surface area contributed by atoms with Crippen LogP contribution < -0.4 is 4.31 Å². The second kappa shape index (κ2) is 5.47. The first-order chi connectivity index (χ1) is 11.8. The van der Waals surface area contributed by atoms with E-state index in [9.17, 15) is 8.42 Å². The molecule has 0 saturated carbocycles. The number of hydrogen-bond acceptors (Lipinski definition) is 2. The van der Waals surface area contributed by atoms with Crippen LogP contribution in [0.2, 0.25) is 0 Å². The Morgan fingerprint density at radius 2 is 1.52 bits per heavy atom. The molecular formula is C19H17BrN2O2S. The maximum atomic E-state index is 12.3. The third-order valence-electron chi connectivity index (χ3n) is 4.78. The van der Waals surface area contributed by atoms with Crippen LogP contribution in [0.5, 0.6) is 0 Å². The van der Waals surface area contributed by atoms with Crippen molar-refractivity contribution >= 4 is 64.2 Å². The minimum atomic E-state index is -3.40. The molecular weight excluding hydrogens is 400 g/mol. The molecule has 0 N–H and O–H groups in total. The predicted octanol–water partition coefficient (Wildman–Crippen LogP) is 4.64. The van der Waals surface area contributed by atoms with Crippen molar-refractivity contribution in [3.8, 4) is 0 Å². The summed E-state index contributed by atoms with van der Waals surface area (Å²) in [4.78, 5) is 0. The first-order valence-corrected chi connectivity index (χ1v) is 10.5. The van der Waals surface area contributed by atoms with Crippen LogP contribution in [0.15, 0.2) is 53.0 Å². The lowest BCUT2D eigenvalue weighted by atomic mass is 10.0. The molecule has 25 heavy (non-hydrogen) atoms. The first-order valence-electron chi connectivity index (χ1n) is 7.83. The van der Waals surface area contributed by atoms with E-state index in [0.717, 1.165) is 37.1 Å². The van der Waals surface area contributed by atoms with Crippen LogP contribution >= 0.6 is 15.9 Å². The molecule has 0 aliphatic heterocycles. The van der Waals surface area contributed by atoms with Gasteiger partial charge in [0.1, 0.15) is 0 Å². The van der Waals surface area contributed by atoms with Gasteiger partial charge in [-0.2, -0.15) is 0 Å². The standard InChI is InChI=1S/C19H17BrN2O2S/c1-21-15-11-7-6-10-14(15)16-18(21)13-9-5-4-8-12(13)17(20)19(16)22(2)25(3,23)24/h4-11H,1-3H3. The Morgan fingerprint density at radius 1 is 0.960 bits per heavy atom. The topological polar surface area (TPSA) is 42.3 Å². The number of anilines is 1. The third-order valence-corrected chi connectivity index (χ3v) is 6.76. The van der Waals surface area contributed by atoms with E-state index in [1.54, 1.807) is 7.05 Å². The summed E-state index contributed by atoms with van der Waals surface area (Å²) >= 11 is 3.68. The highest BCUT2D eigenvalue weighted by Crippen LogP contribution is 2.46. The van der Waals surface area contributed by atoms with Crippen LogP contribution in [-0.2, 0) is 17.1 Å². The van der Waals surface area contributed by atoms with Crippen molar-refractivity contribution in [1.29, 1.82) is 0 Å². The Morgan fingerprint density at radius 3 is 2.16 bits per heavy atom. The summed E-state index contributed by atoms with van der Waals surface area (Å²) in [6, 6.07) is 16.1. The van der Waals surface area contributed by atoms with Crippen LogP contribution in [0.4, 0.5) is 5.69 Å². The number of aromatic nitrogens is 1. The largest absolute Gasteiger partial charge is 0.343 e. The minimum Gasteiger partial charge on any atom is -0.343 e. The van der Waals surface area contributed by atoms with Crippen molar-refractivity contribution in [2.24, 2.45) is 7.05 Å². The summed E-state index contributed by atoms with van der Waals surface area (Å²) < 4.78 is 28.9. The van der Waals surface area contributed by atoms with Crippen LogP contribution in [0, 0.1) is 0 Å². The number of fused-ring (bicyclic) bond motifs is 5. The Balaban J connectivity index is 2.38. The zero-order chi connectivity index (χ0) is 17.9. The number of hydrogen-bond donors (Lipinski definition) is 0. The number of benzene rings is 3. The molecule has 1 heterocycles. The second-order valence-corrected chi connectivity index (χ2v) is 9.05. The summed E-state index contributed by atoms with van der Waals surface area (Å²) in [6.45, 7) is 0. The molecule has 6 heteroatoms.